The summed E-state index contributed by atoms with van der Waals surface area (Å²) in [5.41, 5.74) is 3.47. The van der Waals surface area contributed by atoms with Crippen LogP contribution in [0.1, 0.15) is 31.9 Å². The first-order chi connectivity index (χ1) is 10.5. The standard InChI is InChI=1S/C18H29N3O/c1-5-16-12-17(7-6-15(16)4)19-18(22)21-10-8-20(9-11-21)13-14(2)3/h6-7,12,14H,5,8-11,13H2,1-4H3,(H,19,22). The van der Waals surface area contributed by atoms with Gasteiger partial charge >= 0.3 is 6.03 Å². The van der Waals surface area contributed by atoms with E-state index in [-0.39, 0.29) is 6.03 Å². The molecule has 1 saturated heterocycles. The van der Waals surface area contributed by atoms with Gasteiger partial charge in [0.05, 0.1) is 0 Å². The van der Waals surface area contributed by atoms with Crippen LogP contribution in [0.5, 0.6) is 0 Å². The summed E-state index contributed by atoms with van der Waals surface area (Å²) in [6.07, 6.45) is 0.990. The van der Waals surface area contributed by atoms with Crippen molar-refractivity contribution in [3.8, 4) is 0 Å². The van der Waals surface area contributed by atoms with Crippen LogP contribution >= 0.6 is 0 Å². The van der Waals surface area contributed by atoms with Crippen molar-refractivity contribution in [3.05, 3.63) is 29.3 Å². The molecule has 4 heteroatoms. The number of rotatable bonds is 4. The van der Waals surface area contributed by atoms with Gasteiger partial charge in [-0.25, -0.2) is 4.79 Å². The number of anilines is 1. The minimum absolute atomic E-state index is 0.0232. The van der Waals surface area contributed by atoms with Crippen molar-refractivity contribution >= 4 is 11.7 Å². The van der Waals surface area contributed by atoms with Crippen molar-refractivity contribution in [2.75, 3.05) is 38.0 Å². The molecule has 0 aromatic heterocycles. The van der Waals surface area contributed by atoms with Gasteiger partial charge in [0, 0.05) is 38.4 Å². The van der Waals surface area contributed by atoms with Gasteiger partial charge in [-0.3, -0.25) is 4.90 Å². The Hall–Kier alpha value is -1.55. The van der Waals surface area contributed by atoms with Crippen LogP contribution in [0.4, 0.5) is 10.5 Å². The minimum Gasteiger partial charge on any atom is -0.322 e. The Balaban J connectivity index is 1.88. The second kappa shape index (κ2) is 7.63. The second-order valence-corrected chi connectivity index (χ2v) is 6.61. The molecule has 22 heavy (non-hydrogen) atoms. The average molecular weight is 303 g/mol. The van der Waals surface area contributed by atoms with Crippen molar-refractivity contribution in [3.63, 3.8) is 0 Å². The summed E-state index contributed by atoms with van der Waals surface area (Å²) in [4.78, 5) is 16.7. The van der Waals surface area contributed by atoms with Crippen molar-refractivity contribution in [2.24, 2.45) is 5.92 Å². The lowest BCUT2D eigenvalue weighted by atomic mass is 10.1. The molecule has 1 N–H and O–H groups in total. The molecule has 0 spiro atoms. The van der Waals surface area contributed by atoms with Crippen LogP contribution in [0.25, 0.3) is 0 Å². The van der Waals surface area contributed by atoms with Crippen LogP contribution in [-0.2, 0) is 6.42 Å². The molecule has 2 rings (SSSR count). The lowest BCUT2D eigenvalue weighted by Crippen LogP contribution is -2.50. The predicted molar refractivity (Wildman–Crippen MR) is 92.4 cm³/mol. The highest BCUT2D eigenvalue weighted by Gasteiger charge is 2.21. The molecule has 1 aromatic carbocycles. The van der Waals surface area contributed by atoms with E-state index in [1.165, 1.54) is 11.1 Å². The Kier molecular flexibility index (Phi) is 5.83. The molecular formula is C18H29N3O. The highest BCUT2D eigenvalue weighted by Crippen LogP contribution is 2.16. The van der Waals surface area contributed by atoms with Gasteiger partial charge in [-0.15, -0.1) is 0 Å². The number of urea groups is 1. The number of aryl methyl sites for hydroxylation is 2. The molecule has 0 radical (unpaired) electrons. The molecule has 122 valence electrons. The fourth-order valence-corrected chi connectivity index (χ4v) is 2.98. The van der Waals surface area contributed by atoms with Crippen molar-refractivity contribution in [2.45, 2.75) is 34.1 Å². The number of benzene rings is 1. The van der Waals surface area contributed by atoms with Gasteiger partial charge in [-0.05, 0) is 42.5 Å². The Labute approximate surface area is 134 Å². The van der Waals surface area contributed by atoms with Gasteiger partial charge in [0.2, 0.25) is 0 Å². The van der Waals surface area contributed by atoms with E-state index in [0.717, 1.165) is 44.8 Å². The molecule has 1 fully saturated rings. The maximum Gasteiger partial charge on any atom is 0.321 e. The summed E-state index contributed by atoms with van der Waals surface area (Å²) < 4.78 is 0. The highest BCUT2D eigenvalue weighted by molar-refractivity contribution is 5.89. The molecule has 0 atom stereocenters. The first-order valence-electron chi connectivity index (χ1n) is 8.37. The third kappa shape index (κ3) is 4.47. The molecule has 1 aliphatic rings. The van der Waals surface area contributed by atoms with E-state index in [1.54, 1.807) is 0 Å². The van der Waals surface area contributed by atoms with Crippen LogP contribution in [0.3, 0.4) is 0 Å². The first kappa shape index (κ1) is 16.8. The zero-order valence-electron chi connectivity index (χ0n) is 14.4. The van der Waals surface area contributed by atoms with E-state index in [4.69, 9.17) is 0 Å². The molecule has 2 amide bonds. The van der Waals surface area contributed by atoms with Crippen molar-refractivity contribution < 1.29 is 4.79 Å². The van der Waals surface area contributed by atoms with Crippen LogP contribution in [-0.4, -0.2) is 48.6 Å². The van der Waals surface area contributed by atoms with Crippen molar-refractivity contribution in [1.29, 1.82) is 0 Å². The van der Waals surface area contributed by atoms with E-state index >= 15 is 0 Å². The summed E-state index contributed by atoms with van der Waals surface area (Å²) in [6.45, 7) is 13.4. The molecule has 1 aliphatic heterocycles. The van der Waals surface area contributed by atoms with Gasteiger partial charge in [0.25, 0.3) is 0 Å². The van der Waals surface area contributed by atoms with E-state index < -0.39 is 0 Å². The van der Waals surface area contributed by atoms with Crippen LogP contribution in [0, 0.1) is 12.8 Å². The maximum absolute atomic E-state index is 12.4. The molecule has 0 bridgehead atoms. The molecule has 4 nitrogen and oxygen atoms in total. The number of piperazine rings is 1. The van der Waals surface area contributed by atoms with E-state index in [1.807, 2.05) is 11.0 Å². The average Bonchev–Trinajstić information content (AvgIpc) is 2.49. The number of nitrogens with one attached hydrogen (secondary N) is 1. The maximum atomic E-state index is 12.4. The number of carbonyl (C=O) groups is 1. The van der Waals surface area contributed by atoms with E-state index in [9.17, 15) is 4.79 Å². The summed E-state index contributed by atoms with van der Waals surface area (Å²) in [5, 5.41) is 3.04. The quantitative estimate of drug-likeness (QED) is 0.925. The zero-order valence-corrected chi connectivity index (χ0v) is 14.4. The highest BCUT2D eigenvalue weighted by atomic mass is 16.2. The van der Waals surface area contributed by atoms with Crippen LogP contribution < -0.4 is 5.32 Å². The Morgan fingerprint density at radius 1 is 1.23 bits per heavy atom. The monoisotopic (exact) mass is 303 g/mol. The SMILES string of the molecule is CCc1cc(NC(=O)N2CCN(CC(C)C)CC2)ccc1C. The smallest absolute Gasteiger partial charge is 0.321 e. The van der Waals surface area contributed by atoms with Gasteiger partial charge in [-0.2, -0.15) is 0 Å². The number of carbonyl (C=O) groups excluding carboxylic acids is 1. The summed E-state index contributed by atoms with van der Waals surface area (Å²) in [6, 6.07) is 6.17. The molecule has 1 heterocycles. The van der Waals surface area contributed by atoms with Gasteiger partial charge in [0.15, 0.2) is 0 Å². The summed E-state index contributed by atoms with van der Waals surface area (Å²) >= 11 is 0. The topological polar surface area (TPSA) is 35.6 Å². The lowest BCUT2D eigenvalue weighted by molar-refractivity contribution is 0.138. The van der Waals surface area contributed by atoms with E-state index in [2.05, 4.69) is 50.0 Å². The third-order valence-corrected chi connectivity index (χ3v) is 4.26. The minimum atomic E-state index is 0.0232. The second-order valence-electron chi connectivity index (χ2n) is 6.61. The number of hydrogen-bond acceptors (Lipinski definition) is 2. The van der Waals surface area contributed by atoms with E-state index in [0.29, 0.717) is 5.92 Å². The number of amides is 2. The van der Waals surface area contributed by atoms with Gasteiger partial charge in [0.1, 0.15) is 0 Å². The molecule has 0 saturated carbocycles. The fraction of sp³-hybridized carbons (Fsp3) is 0.611. The van der Waals surface area contributed by atoms with Gasteiger partial charge < -0.3 is 10.2 Å². The first-order valence-corrected chi connectivity index (χ1v) is 8.37. The number of hydrogen-bond donors (Lipinski definition) is 1. The fourth-order valence-electron chi connectivity index (χ4n) is 2.98. The Bertz CT molecular complexity index is 505. The molecule has 1 aromatic rings. The van der Waals surface area contributed by atoms with Crippen molar-refractivity contribution in [1.82, 2.24) is 9.80 Å². The lowest BCUT2D eigenvalue weighted by Gasteiger charge is -2.35. The summed E-state index contributed by atoms with van der Waals surface area (Å²) in [7, 11) is 0. The summed E-state index contributed by atoms with van der Waals surface area (Å²) in [5.74, 6) is 0.681. The molecule has 0 aliphatic carbocycles. The number of nitrogens with zero attached hydrogens (tertiary/aromatic N) is 2. The van der Waals surface area contributed by atoms with Crippen LogP contribution in [0.2, 0.25) is 0 Å². The molecule has 0 unspecified atom stereocenters. The normalized spacial score (nSPS) is 16.1. The molecular weight excluding hydrogens is 274 g/mol. The Morgan fingerprint density at radius 2 is 1.91 bits per heavy atom. The Morgan fingerprint density at radius 3 is 2.50 bits per heavy atom. The third-order valence-electron chi connectivity index (χ3n) is 4.26. The van der Waals surface area contributed by atoms with Gasteiger partial charge in [-0.1, -0.05) is 26.8 Å². The largest absolute Gasteiger partial charge is 0.322 e. The van der Waals surface area contributed by atoms with Crippen LogP contribution in [0.15, 0.2) is 18.2 Å². The predicted octanol–water partition coefficient (Wildman–Crippen LogP) is 3.36. The zero-order chi connectivity index (χ0) is 16.1.